The average Bonchev–Trinajstić information content (AvgIpc) is 2.92. The number of nitrogen functional groups attached to an aromatic ring is 1. The second-order valence-electron chi connectivity index (χ2n) is 11.0. The van der Waals surface area contributed by atoms with Gasteiger partial charge < -0.3 is 20.7 Å². The van der Waals surface area contributed by atoms with E-state index in [1.54, 1.807) is 24.3 Å². The topological polar surface area (TPSA) is 126 Å². The van der Waals surface area contributed by atoms with Crippen LogP contribution in [0.2, 0.25) is 0 Å². The summed E-state index contributed by atoms with van der Waals surface area (Å²) >= 11 is 0. The van der Waals surface area contributed by atoms with E-state index in [0.717, 1.165) is 31.2 Å². The maximum absolute atomic E-state index is 13.7. The van der Waals surface area contributed by atoms with Crippen molar-refractivity contribution in [2.75, 3.05) is 13.1 Å². The Balaban J connectivity index is 1.56. The molecule has 0 bridgehead atoms. The average molecular weight is 535 g/mol. The van der Waals surface area contributed by atoms with E-state index < -0.39 is 5.54 Å². The van der Waals surface area contributed by atoms with Crippen molar-refractivity contribution in [3.63, 3.8) is 0 Å². The Morgan fingerprint density at radius 2 is 1.67 bits per heavy atom. The van der Waals surface area contributed by atoms with E-state index in [9.17, 15) is 14.4 Å². The zero-order chi connectivity index (χ0) is 28.4. The number of benzene rings is 2. The Labute approximate surface area is 231 Å². The van der Waals surface area contributed by atoms with Gasteiger partial charge in [-0.1, -0.05) is 62.2 Å². The van der Waals surface area contributed by atoms with Crippen molar-refractivity contribution in [2.24, 2.45) is 17.6 Å². The summed E-state index contributed by atoms with van der Waals surface area (Å²) in [5.41, 5.74) is 6.72. The number of amidine groups is 1. The van der Waals surface area contributed by atoms with Crippen molar-refractivity contribution in [2.45, 2.75) is 71.4 Å². The third kappa shape index (κ3) is 8.67. The third-order valence-electron chi connectivity index (χ3n) is 7.53. The molecule has 8 nitrogen and oxygen atoms in total. The number of hydrogen-bond acceptors (Lipinski definition) is 5. The first-order valence-electron chi connectivity index (χ1n) is 13.9. The Kier molecular flexibility index (Phi) is 10.7. The number of carbonyl (C=O) groups is 3. The lowest BCUT2D eigenvalue weighted by Gasteiger charge is -2.40. The van der Waals surface area contributed by atoms with Crippen LogP contribution in [0.15, 0.2) is 54.6 Å². The van der Waals surface area contributed by atoms with E-state index in [1.807, 2.05) is 49.1 Å². The van der Waals surface area contributed by atoms with Gasteiger partial charge >= 0.3 is 5.97 Å². The fourth-order valence-electron chi connectivity index (χ4n) is 5.06. The van der Waals surface area contributed by atoms with Gasteiger partial charge in [0.15, 0.2) is 0 Å². The molecule has 210 valence electrons. The Hall–Kier alpha value is -3.68. The van der Waals surface area contributed by atoms with Crippen LogP contribution >= 0.6 is 0 Å². The van der Waals surface area contributed by atoms with Gasteiger partial charge in [-0.05, 0) is 56.7 Å². The summed E-state index contributed by atoms with van der Waals surface area (Å²) in [7, 11) is 0. The highest BCUT2D eigenvalue weighted by Crippen LogP contribution is 2.29. The number of hydrogen-bond donors (Lipinski definition) is 3. The van der Waals surface area contributed by atoms with Gasteiger partial charge in [0.1, 0.15) is 12.4 Å². The fraction of sp³-hybridized carbons (Fsp3) is 0.484. The summed E-state index contributed by atoms with van der Waals surface area (Å²) in [6.45, 7) is 7.36. The molecule has 0 aliphatic carbocycles. The van der Waals surface area contributed by atoms with E-state index in [4.69, 9.17) is 15.9 Å². The van der Waals surface area contributed by atoms with Crippen LogP contribution in [0.1, 0.15) is 80.8 Å². The predicted molar refractivity (Wildman–Crippen MR) is 152 cm³/mol. The first kappa shape index (κ1) is 29.9. The molecule has 3 rings (SSSR count). The number of nitrogens with two attached hydrogens (primary N) is 1. The number of carbonyl (C=O) groups excluding carboxylic acids is 3. The molecule has 1 aliphatic rings. The van der Waals surface area contributed by atoms with Gasteiger partial charge in [-0.3, -0.25) is 19.8 Å². The minimum Gasteiger partial charge on any atom is -0.461 e. The summed E-state index contributed by atoms with van der Waals surface area (Å²) in [5, 5.41) is 10.6. The Morgan fingerprint density at radius 3 is 2.26 bits per heavy atom. The molecule has 1 saturated heterocycles. The highest BCUT2D eigenvalue weighted by Gasteiger charge is 2.39. The molecule has 1 atom stereocenters. The molecule has 2 amide bonds. The van der Waals surface area contributed by atoms with Crippen molar-refractivity contribution in [3.05, 3.63) is 71.3 Å². The van der Waals surface area contributed by atoms with Crippen LogP contribution in [0.25, 0.3) is 0 Å². The predicted octanol–water partition coefficient (Wildman–Crippen LogP) is 4.66. The molecule has 1 aliphatic heterocycles. The number of piperidine rings is 1. The fourth-order valence-corrected chi connectivity index (χ4v) is 5.06. The molecule has 0 radical (unpaired) electrons. The second-order valence-corrected chi connectivity index (χ2v) is 11.0. The molecule has 0 spiro atoms. The number of esters is 1. The van der Waals surface area contributed by atoms with Crippen LogP contribution in [0.3, 0.4) is 0 Å². The van der Waals surface area contributed by atoms with E-state index >= 15 is 0 Å². The molecule has 0 aromatic heterocycles. The van der Waals surface area contributed by atoms with Crippen LogP contribution in [0.4, 0.5) is 0 Å². The van der Waals surface area contributed by atoms with Crippen LogP contribution in [0.5, 0.6) is 0 Å². The molecule has 1 heterocycles. The lowest BCUT2D eigenvalue weighted by atomic mass is 9.81. The number of amides is 2. The molecular formula is C31H42N4O4. The van der Waals surface area contributed by atoms with Gasteiger partial charge in [0, 0.05) is 36.2 Å². The van der Waals surface area contributed by atoms with Crippen LogP contribution in [0, 0.1) is 17.2 Å². The molecule has 1 unspecified atom stereocenters. The summed E-state index contributed by atoms with van der Waals surface area (Å²) in [5.74, 6) is -0.657. The van der Waals surface area contributed by atoms with Crippen molar-refractivity contribution >= 4 is 23.6 Å². The van der Waals surface area contributed by atoms with Crippen molar-refractivity contribution < 1.29 is 19.1 Å². The lowest BCUT2D eigenvalue weighted by molar-refractivity contribution is -0.146. The number of likely N-dealkylation sites (tertiary alicyclic amines) is 1. The minimum absolute atomic E-state index is 0.0470. The van der Waals surface area contributed by atoms with E-state index in [1.165, 1.54) is 0 Å². The van der Waals surface area contributed by atoms with Crippen molar-refractivity contribution in [1.29, 1.82) is 5.41 Å². The SMILES string of the molecule is CCCCC(C(=O)N1CCC(CC(=O)OCc2ccccc2)CC1)C(C)(C)NC(=O)c1ccc(C(=N)N)cc1. The highest BCUT2D eigenvalue weighted by molar-refractivity contribution is 5.98. The molecule has 0 saturated carbocycles. The number of rotatable bonds is 12. The van der Waals surface area contributed by atoms with Gasteiger partial charge in [0.25, 0.3) is 5.91 Å². The molecule has 4 N–H and O–H groups in total. The first-order chi connectivity index (χ1) is 18.6. The maximum Gasteiger partial charge on any atom is 0.306 e. The Morgan fingerprint density at radius 1 is 1.05 bits per heavy atom. The monoisotopic (exact) mass is 534 g/mol. The van der Waals surface area contributed by atoms with Gasteiger partial charge in [-0.2, -0.15) is 0 Å². The van der Waals surface area contributed by atoms with Crippen molar-refractivity contribution in [1.82, 2.24) is 10.2 Å². The van der Waals surface area contributed by atoms with E-state index in [-0.39, 0.29) is 42.1 Å². The van der Waals surface area contributed by atoms with Gasteiger partial charge in [0.2, 0.25) is 5.91 Å². The summed E-state index contributed by atoms with van der Waals surface area (Å²) in [4.78, 5) is 41.0. The van der Waals surface area contributed by atoms with Gasteiger partial charge in [-0.15, -0.1) is 0 Å². The number of unbranched alkanes of at least 4 members (excludes halogenated alkanes) is 1. The Bertz CT molecular complexity index is 1120. The molecule has 39 heavy (non-hydrogen) atoms. The van der Waals surface area contributed by atoms with Crippen molar-refractivity contribution in [3.8, 4) is 0 Å². The number of ether oxygens (including phenoxy) is 1. The molecule has 8 heteroatoms. The molecule has 2 aromatic rings. The summed E-state index contributed by atoms with van der Waals surface area (Å²) in [6.07, 6.45) is 4.37. The van der Waals surface area contributed by atoms with Crippen LogP contribution in [-0.2, 0) is 20.9 Å². The highest BCUT2D eigenvalue weighted by atomic mass is 16.5. The van der Waals surface area contributed by atoms with Gasteiger partial charge in [0.05, 0.1) is 5.92 Å². The van der Waals surface area contributed by atoms with Gasteiger partial charge in [-0.25, -0.2) is 0 Å². The van der Waals surface area contributed by atoms with E-state index in [2.05, 4.69) is 12.2 Å². The van der Waals surface area contributed by atoms with E-state index in [0.29, 0.717) is 37.1 Å². The molecule has 1 fully saturated rings. The second kappa shape index (κ2) is 13.9. The first-order valence-corrected chi connectivity index (χ1v) is 13.9. The zero-order valence-electron chi connectivity index (χ0n) is 23.4. The number of nitrogens with zero attached hydrogens (tertiary/aromatic N) is 1. The van der Waals surface area contributed by atoms with Crippen LogP contribution < -0.4 is 11.1 Å². The zero-order valence-corrected chi connectivity index (χ0v) is 23.4. The third-order valence-corrected chi connectivity index (χ3v) is 7.53. The summed E-state index contributed by atoms with van der Waals surface area (Å²) in [6, 6.07) is 16.2. The summed E-state index contributed by atoms with van der Waals surface area (Å²) < 4.78 is 5.45. The normalized spacial score (nSPS) is 14.9. The lowest BCUT2D eigenvalue weighted by Crippen LogP contribution is -2.55. The molecule has 2 aromatic carbocycles. The smallest absolute Gasteiger partial charge is 0.306 e. The van der Waals surface area contributed by atoms with Crippen LogP contribution in [-0.4, -0.2) is 47.1 Å². The molecular weight excluding hydrogens is 492 g/mol. The number of nitrogens with one attached hydrogen (secondary N) is 2. The minimum atomic E-state index is -0.763. The standard InChI is InChI=1S/C31H42N4O4/c1-4-5-11-26(31(2,3)34-29(37)25-14-12-24(13-15-25)28(32)33)30(38)35-18-16-22(17-19-35)20-27(36)39-21-23-9-7-6-8-10-23/h6-10,12-15,22,26H,4-5,11,16-21H2,1-3H3,(H3,32,33)(H,34,37). The maximum atomic E-state index is 13.7. The largest absolute Gasteiger partial charge is 0.461 e. The quantitative estimate of drug-likeness (QED) is 0.207.